The standard InChI is InChI=1S/C58H49NSi2/c1-58(2,3)44-34-36-45(37-35-44)59-56-40-38-52(60(46-22-10-4-11-23-46,47-24-12-5-13-25-47)48-26-14-6-15-27-48)42-54(56)55-43-53(39-41-57(55)59)61(49-28-16-7-17-29-49,50-30-18-8-19-31-50)51-32-20-9-21-33-51/h4-43H,1-3H3/i38D,39D,40D,41D,42D,43D. The fraction of sp³-hybridized carbons (Fsp3) is 0.0690. The molecular formula is C58H49NSi2. The zero-order valence-electron chi connectivity index (χ0n) is 40.6. The van der Waals surface area contributed by atoms with Gasteiger partial charge in [-0.1, -0.05) is 239 Å². The molecule has 0 aliphatic carbocycles. The number of rotatable bonds is 9. The van der Waals surface area contributed by atoms with Crippen LogP contribution in [-0.2, 0) is 5.41 Å². The van der Waals surface area contributed by atoms with Crippen LogP contribution in [-0.4, -0.2) is 20.7 Å². The highest BCUT2D eigenvalue weighted by Crippen LogP contribution is 2.33. The second kappa shape index (κ2) is 15.7. The van der Waals surface area contributed by atoms with Crippen molar-refractivity contribution >= 4 is 79.4 Å². The fourth-order valence-electron chi connectivity index (χ4n) is 9.35. The third-order valence-electron chi connectivity index (χ3n) is 12.3. The van der Waals surface area contributed by atoms with Gasteiger partial charge in [-0.15, -0.1) is 0 Å². The van der Waals surface area contributed by atoms with Crippen LogP contribution < -0.4 is 41.5 Å². The second-order valence-electron chi connectivity index (χ2n) is 16.8. The summed E-state index contributed by atoms with van der Waals surface area (Å²) in [6.07, 6.45) is 0. The summed E-state index contributed by atoms with van der Waals surface area (Å²) in [7, 11) is -7.23. The first-order chi connectivity index (χ1) is 32.4. The Hall–Kier alpha value is -6.79. The van der Waals surface area contributed by atoms with E-state index in [-0.39, 0.29) is 52.7 Å². The van der Waals surface area contributed by atoms with Gasteiger partial charge < -0.3 is 4.57 Å². The van der Waals surface area contributed by atoms with Crippen LogP contribution in [0, 0.1) is 0 Å². The van der Waals surface area contributed by atoms with Crippen molar-refractivity contribution in [3.63, 3.8) is 0 Å². The fourth-order valence-corrected chi connectivity index (χ4v) is 18.4. The molecule has 0 amide bonds. The Labute approximate surface area is 370 Å². The van der Waals surface area contributed by atoms with E-state index in [1.54, 1.807) is 4.57 Å². The lowest BCUT2D eigenvalue weighted by Crippen LogP contribution is -2.74. The van der Waals surface area contributed by atoms with Crippen LogP contribution in [0.15, 0.2) is 243 Å². The van der Waals surface area contributed by atoms with Gasteiger partial charge in [-0.05, 0) is 76.7 Å². The van der Waals surface area contributed by atoms with Gasteiger partial charge in [0.2, 0.25) is 0 Å². The number of benzene rings is 9. The quantitative estimate of drug-likeness (QED) is 0.101. The van der Waals surface area contributed by atoms with Crippen LogP contribution >= 0.6 is 0 Å². The zero-order valence-corrected chi connectivity index (χ0v) is 36.6. The monoisotopic (exact) mass is 821 g/mol. The summed E-state index contributed by atoms with van der Waals surface area (Å²) >= 11 is 0. The van der Waals surface area contributed by atoms with Gasteiger partial charge in [0.1, 0.15) is 0 Å². The topological polar surface area (TPSA) is 4.93 Å². The predicted octanol–water partition coefficient (Wildman–Crippen LogP) is 8.84. The molecule has 1 aromatic heterocycles. The lowest BCUT2D eigenvalue weighted by molar-refractivity contribution is 0.590. The van der Waals surface area contributed by atoms with E-state index >= 15 is 0 Å². The largest absolute Gasteiger partial charge is 0.309 e. The molecule has 0 unspecified atom stereocenters. The molecular weight excluding hydrogens is 767 g/mol. The molecule has 0 atom stereocenters. The van der Waals surface area contributed by atoms with Crippen LogP contribution in [0.1, 0.15) is 34.6 Å². The number of fused-ring (bicyclic) bond motifs is 3. The molecule has 294 valence electrons. The van der Waals surface area contributed by atoms with Gasteiger partial charge in [0.15, 0.2) is 16.1 Å². The van der Waals surface area contributed by atoms with Gasteiger partial charge in [0.05, 0.1) is 19.3 Å². The molecule has 10 aromatic rings. The Bertz CT molecular complexity index is 3020. The van der Waals surface area contributed by atoms with Gasteiger partial charge in [-0.25, -0.2) is 0 Å². The second-order valence-corrected chi connectivity index (χ2v) is 24.2. The average Bonchev–Trinajstić information content (AvgIpc) is 3.74. The van der Waals surface area contributed by atoms with Crippen molar-refractivity contribution in [3.05, 3.63) is 248 Å². The highest BCUT2D eigenvalue weighted by Gasteiger charge is 2.43. The summed E-state index contributed by atoms with van der Waals surface area (Å²) in [5.41, 5.74) is 2.12. The van der Waals surface area contributed by atoms with Crippen LogP contribution in [0.4, 0.5) is 0 Å². The summed E-state index contributed by atoms with van der Waals surface area (Å²) in [6, 6.07) is 68.7. The molecule has 9 aromatic carbocycles. The SMILES string of the molecule is [2H]c1c([Si](c2ccccc2)(c2ccccc2)c2ccccc2)c([2H])c2c3c([2H])c([Si](c4ccccc4)(c4ccccc4)c4ccccc4)c([2H])c([2H])c3n(-c3ccc(C(C)(C)C)cc3)c2c1[2H]. The van der Waals surface area contributed by atoms with Gasteiger partial charge in [-0.3, -0.25) is 0 Å². The third kappa shape index (κ3) is 6.44. The number of nitrogens with zero attached hydrogens (tertiary/aromatic N) is 1. The molecule has 0 spiro atoms. The molecule has 3 heteroatoms. The Morgan fingerprint density at radius 1 is 0.344 bits per heavy atom. The van der Waals surface area contributed by atoms with E-state index in [0.717, 1.165) is 36.7 Å². The first kappa shape index (κ1) is 32.0. The maximum atomic E-state index is 10.8. The van der Waals surface area contributed by atoms with Crippen LogP contribution in [0.2, 0.25) is 0 Å². The first-order valence-electron chi connectivity index (χ1n) is 24.0. The first-order valence-corrected chi connectivity index (χ1v) is 25.0. The van der Waals surface area contributed by atoms with Crippen LogP contribution in [0.5, 0.6) is 0 Å². The predicted molar refractivity (Wildman–Crippen MR) is 267 cm³/mol. The Kier molecular flexibility index (Phi) is 8.23. The van der Waals surface area contributed by atoms with Crippen molar-refractivity contribution in [1.82, 2.24) is 4.57 Å². The lowest BCUT2D eigenvalue weighted by atomic mass is 9.87. The summed E-state index contributed by atoms with van der Waals surface area (Å²) in [4.78, 5) is 0. The maximum absolute atomic E-state index is 10.8. The highest BCUT2D eigenvalue weighted by atomic mass is 28.3. The lowest BCUT2D eigenvalue weighted by Gasteiger charge is -2.34. The van der Waals surface area contributed by atoms with Gasteiger partial charge >= 0.3 is 0 Å². The van der Waals surface area contributed by atoms with E-state index in [1.165, 1.54) is 0 Å². The van der Waals surface area contributed by atoms with E-state index in [2.05, 4.69) is 93.6 Å². The summed E-state index contributed by atoms with van der Waals surface area (Å²) in [5, 5.41) is 7.30. The minimum absolute atomic E-state index is 0.0530. The van der Waals surface area contributed by atoms with Crippen LogP contribution in [0.25, 0.3) is 27.5 Å². The van der Waals surface area contributed by atoms with Crippen molar-refractivity contribution < 1.29 is 8.22 Å². The van der Waals surface area contributed by atoms with Crippen molar-refractivity contribution in [3.8, 4) is 5.69 Å². The third-order valence-corrected chi connectivity index (χ3v) is 21.5. The molecule has 0 N–H and O–H groups in total. The molecule has 61 heavy (non-hydrogen) atoms. The molecule has 0 aliphatic rings. The normalized spacial score (nSPS) is 13.6. The van der Waals surface area contributed by atoms with E-state index in [9.17, 15) is 8.22 Å². The maximum Gasteiger partial charge on any atom is 0.179 e. The van der Waals surface area contributed by atoms with Crippen molar-refractivity contribution in [2.45, 2.75) is 26.2 Å². The van der Waals surface area contributed by atoms with E-state index in [1.807, 2.05) is 133 Å². The zero-order chi connectivity index (χ0) is 46.7. The molecule has 0 bridgehead atoms. The minimum Gasteiger partial charge on any atom is -0.309 e. The number of hydrogen-bond donors (Lipinski definition) is 0. The minimum atomic E-state index is -3.61. The Morgan fingerprint density at radius 2 is 0.623 bits per heavy atom. The molecule has 10 rings (SSSR count). The van der Waals surface area contributed by atoms with Crippen molar-refractivity contribution in [2.24, 2.45) is 0 Å². The smallest absolute Gasteiger partial charge is 0.179 e. The Balaban J connectivity index is 1.47. The van der Waals surface area contributed by atoms with Crippen molar-refractivity contribution in [2.75, 3.05) is 0 Å². The average molecular weight is 822 g/mol. The van der Waals surface area contributed by atoms with E-state index in [0.29, 0.717) is 26.8 Å². The van der Waals surface area contributed by atoms with Crippen molar-refractivity contribution in [1.29, 1.82) is 0 Å². The van der Waals surface area contributed by atoms with Gasteiger partial charge in [0, 0.05) is 16.5 Å². The molecule has 0 saturated carbocycles. The van der Waals surface area contributed by atoms with E-state index < -0.39 is 16.1 Å². The number of aromatic nitrogens is 1. The molecule has 0 fully saturated rings. The van der Waals surface area contributed by atoms with Gasteiger partial charge in [0.25, 0.3) is 0 Å². The Morgan fingerprint density at radius 3 is 0.885 bits per heavy atom. The number of hydrogen-bond acceptors (Lipinski definition) is 0. The van der Waals surface area contributed by atoms with Gasteiger partial charge in [-0.2, -0.15) is 0 Å². The summed E-state index contributed by atoms with van der Waals surface area (Å²) in [5.74, 6) is 0. The summed E-state index contributed by atoms with van der Waals surface area (Å²) < 4.78 is 64.6. The molecule has 0 aliphatic heterocycles. The van der Waals surface area contributed by atoms with E-state index in [4.69, 9.17) is 0 Å². The molecule has 1 heterocycles. The summed E-state index contributed by atoms with van der Waals surface area (Å²) in [6.45, 7) is 6.45. The molecule has 0 radical (unpaired) electrons. The molecule has 0 saturated heterocycles. The molecule has 1 nitrogen and oxygen atoms in total. The van der Waals surface area contributed by atoms with Crippen LogP contribution in [0.3, 0.4) is 0 Å². The highest BCUT2D eigenvalue weighted by molar-refractivity contribution is 7.20.